The van der Waals surface area contributed by atoms with Crippen LogP contribution < -0.4 is 5.32 Å². The van der Waals surface area contributed by atoms with Crippen molar-refractivity contribution in [2.24, 2.45) is 0 Å². The third-order valence-electron chi connectivity index (χ3n) is 4.05. The topological polar surface area (TPSA) is 96.7 Å². The maximum absolute atomic E-state index is 12.0. The summed E-state index contributed by atoms with van der Waals surface area (Å²) in [6.45, 7) is 0.192. The molecule has 0 aromatic carbocycles. The predicted molar refractivity (Wildman–Crippen MR) is 96.8 cm³/mol. The minimum absolute atomic E-state index is 0.192. The van der Waals surface area contributed by atoms with Gasteiger partial charge in [-0.25, -0.2) is 4.52 Å². The molecule has 0 unspecified atom stereocenters. The number of rotatable bonds is 6. The smallest absolute Gasteiger partial charge is 0.240 e. The highest BCUT2D eigenvalue weighted by Gasteiger charge is 2.30. The first kappa shape index (κ1) is 16.9. The van der Waals surface area contributed by atoms with Crippen LogP contribution in [0.5, 0.6) is 0 Å². The molecule has 8 nitrogen and oxygen atoms in total. The molecule has 0 aliphatic carbocycles. The standard InChI is InChI=1S/C16H15N5O3S2/c22-12(8-20-13(23)3-4-14(20)24)17-6-5-10-9-26-16-18-15(19-21(10)16)11-2-1-7-25-11/h1-2,7,9H,3-6,8H2,(H,17,22). The third-order valence-corrected chi connectivity index (χ3v) is 5.78. The maximum Gasteiger partial charge on any atom is 0.240 e. The highest BCUT2D eigenvalue weighted by Crippen LogP contribution is 2.24. The van der Waals surface area contributed by atoms with Gasteiger partial charge in [0.2, 0.25) is 22.7 Å². The van der Waals surface area contributed by atoms with Gasteiger partial charge in [-0.15, -0.1) is 27.8 Å². The second kappa shape index (κ2) is 6.96. The number of imide groups is 1. The van der Waals surface area contributed by atoms with E-state index in [1.807, 2.05) is 22.9 Å². The Morgan fingerprint density at radius 2 is 2.04 bits per heavy atom. The molecule has 0 bridgehead atoms. The molecule has 0 spiro atoms. The lowest BCUT2D eigenvalue weighted by Crippen LogP contribution is -2.40. The van der Waals surface area contributed by atoms with Gasteiger partial charge >= 0.3 is 0 Å². The van der Waals surface area contributed by atoms with Crippen molar-refractivity contribution in [3.63, 3.8) is 0 Å². The molecule has 1 aliphatic rings. The molecule has 0 radical (unpaired) electrons. The maximum atomic E-state index is 12.0. The van der Waals surface area contributed by atoms with Crippen LogP contribution >= 0.6 is 22.7 Å². The van der Waals surface area contributed by atoms with Crippen LogP contribution in [0.4, 0.5) is 0 Å². The molecule has 3 amide bonds. The summed E-state index contributed by atoms with van der Waals surface area (Å²) in [6, 6.07) is 3.94. The zero-order valence-electron chi connectivity index (χ0n) is 13.7. The van der Waals surface area contributed by atoms with Crippen molar-refractivity contribution in [3.8, 4) is 10.7 Å². The summed E-state index contributed by atoms with van der Waals surface area (Å²) in [5.74, 6) is -0.206. The van der Waals surface area contributed by atoms with E-state index in [0.717, 1.165) is 20.4 Å². The first-order valence-electron chi connectivity index (χ1n) is 8.09. The van der Waals surface area contributed by atoms with Crippen LogP contribution in [0, 0.1) is 0 Å². The lowest BCUT2D eigenvalue weighted by atomic mass is 10.3. The fourth-order valence-electron chi connectivity index (χ4n) is 2.74. The average Bonchev–Trinajstić information content (AvgIpc) is 3.37. The Morgan fingerprint density at radius 1 is 1.23 bits per heavy atom. The Bertz CT molecular complexity index is 960. The summed E-state index contributed by atoms with van der Waals surface area (Å²) in [6.07, 6.45) is 0.969. The molecule has 4 rings (SSSR count). The number of aromatic nitrogens is 3. The van der Waals surface area contributed by atoms with Crippen LogP contribution in [0.25, 0.3) is 15.7 Å². The molecular weight excluding hydrogens is 374 g/mol. The lowest BCUT2D eigenvalue weighted by molar-refractivity contribution is -0.142. The van der Waals surface area contributed by atoms with Gasteiger partial charge in [-0.05, 0) is 11.4 Å². The Labute approximate surface area is 156 Å². The van der Waals surface area contributed by atoms with E-state index in [2.05, 4.69) is 15.4 Å². The zero-order chi connectivity index (χ0) is 18.1. The number of thiophene rings is 1. The summed E-state index contributed by atoms with van der Waals surface area (Å²) in [7, 11) is 0. The Kier molecular flexibility index (Phi) is 4.51. The Hall–Kier alpha value is -2.59. The van der Waals surface area contributed by atoms with Crippen LogP contribution in [-0.2, 0) is 20.8 Å². The number of amides is 3. The van der Waals surface area contributed by atoms with Crippen molar-refractivity contribution in [3.05, 3.63) is 28.6 Å². The van der Waals surface area contributed by atoms with Gasteiger partial charge in [0.05, 0.1) is 10.6 Å². The Morgan fingerprint density at radius 3 is 2.77 bits per heavy atom. The van der Waals surface area contributed by atoms with E-state index in [1.54, 1.807) is 15.9 Å². The highest BCUT2D eigenvalue weighted by atomic mass is 32.1. The van der Waals surface area contributed by atoms with E-state index in [4.69, 9.17) is 0 Å². The van der Waals surface area contributed by atoms with Gasteiger partial charge in [0, 0.05) is 31.2 Å². The fourth-order valence-corrected chi connectivity index (χ4v) is 4.24. The summed E-state index contributed by atoms with van der Waals surface area (Å²) in [4.78, 5) is 42.4. The van der Waals surface area contributed by atoms with Crippen molar-refractivity contribution in [1.29, 1.82) is 0 Å². The van der Waals surface area contributed by atoms with Gasteiger partial charge in [0.25, 0.3) is 0 Å². The monoisotopic (exact) mass is 389 g/mol. The number of carbonyl (C=O) groups excluding carboxylic acids is 3. The normalized spacial score (nSPS) is 14.5. The van der Waals surface area contributed by atoms with Gasteiger partial charge in [-0.1, -0.05) is 6.07 Å². The average molecular weight is 389 g/mol. The van der Waals surface area contributed by atoms with Gasteiger partial charge in [0.15, 0.2) is 5.82 Å². The van der Waals surface area contributed by atoms with Gasteiger partial charge in [-0.2, -0.15) is 4.98 Å². The van der Waals surface area contributed by atoms with Crippen LogP contribution in [0.2, 0.25) is 0 Å². The Balaban J connectivity index is 1.35. The van der Waals surface area contributed by atoms with Gasteiger partial charge in [-0.3, -0.25) is 19.3 Å². The molecule has 4 heterocycles. The number of nitrogens with zero attached hydrogens (tertiary/aromatic N) is 4. The molecule has 10 heteroatoms. The summed E-state index contributed by atoms with van der Waals surface area (Å²) in [5.41, 5.74) is 0.953. The van der Waals surface area contributed by atoms with Crippen LogP contribution in [0.15, 0.2) is 22.9 Å². The number of likely N-dealkylation sites (tertiary alicyclic amines) is 1. The van der Waals surface area contributed by atoms with E-state index >= 15 is 0 Å². The van der Waals surface area contributed by atoms with E-state index in [1.165, 1.54) is 11.3 Å². The molecule has 1 saturated heterocycles. The number of carbonyl (C=O) groups is 3. The van der Waals surface area contributed by atoms with E-state index in [9.17, 15) is 14.4 Å². The third kappa shape index (κ3) is 3.25. The second-order valence-corrected chi connectivity index (χ2v) is 7.59. The highest BCUT2D eigenvalue weighted by molar-refractivity contribution is 7.15. The summed E-state index contributed by atoms with van der Waals surface area (Å²) >= 11 is 3.09. The number of hydrogen-bond acceptors (Lipinski definition) is 7. The first-order valence-corrected chi connectivity index (χ1v) is 9.84. The van der Waals surface area contributed by atoms with Crippen molar-refractivity contribution >= 4 is 45.4 Å². The van der Waals surface area contributed by atoms with Crippen molar-refractivity contribution in [2.45, 2.75) is 19.3 Å². The minimum atomic E-state index is -0.335. The van der Waals surface area contributed by atoms with Crippen LogP contribution in [0.3, 0.4) is 0 Å². The molecule has 1 aliphatic heterocycles. The number of hydrogen-bond donors (Lipinski definition) is 1. The summed E-state index contributed by atoms with van der Waals surface area (Å²) in [5, 5.41) is 11.2. The van der Waals surface area contributed by atoms with Crippen molar-refractivity contribution in [2.75, 3.05) is 13.1 Å². The van der Waals surface area contributed by atoms with Crippen LogP contribution in [0.1, 0.15) is 18.5 Å². The van der Waals surface area contributed by atoms with E-state index in [-0.39, 0.29) is 37.1 Å². The molecule has 3 aromatic rings. The molecule has 0 saturated carbocycles. The molecule has 1 N–H and O–H groups in total. The van der Waals surface area contributed by atoms with Gasteiger partial charge in [0.1, 0.15) is 6.54 Å². The number of fused-ring (bicyclic) bond motifs is 1. The van der Waals surface area contributed by atoms with E-state index < -0.39 is 0 Å². The SMILES string of the molecule is O=C(CN1C(=O)CCC1=O)NCCc1csc2nc(-c3cccs3)nn12. The predicted octanol–water partition coefficient (Wildman–Crippen LogP) is 1.33. The first-order chi connectivity index (χ1) is 12.6. The molecule has 3 aromatic heterocycles. The molecular formula is C16H15N5O3S2. The minimum Gasteiger partial charge on any atom is -0.354 e. The zero-order valence-corrected chi connectivity index (χ0v) is 15.3. The summed E-state index contributed by atoms with van der Waals surface area (Å²) < 4.78 is 1.79. The molecule has 134 valence electrons. The second-order valence-electron chi connectivity index (χ2n) is 5.81. The number of thiazole rings is 1. The van der Waals surface area contributed by atoms with Gasteiger partial charge < -0.3 is 5.32 Å². The van der Waals surface area contributed by atoms with Crippen molar-refractivity contribution < 1.29 is 14.4 Å². The largest absolute Gasteiger partial charge is 0.354 e. The molecule has 0 atom stereocenters. The van der Waals surface area contributed by atoms with Crippen molar-refractivity contribution in [1.82, 2.24) is 24.8 Å². The number of nitrogens with one attached hydrogen (secondary N) is 1. The fraction of sp³-hybridized carbons (Fsp3) is 0.312. The van der Waals surface area contributed by atoms with Crippen LogP contribution in [-0.4, -0.2) is 50.3 Å². The van der Waals surface area contributed by atoms with E-state index in [0.29, 0.717) is 18.8 Å². The quantitative estimate of drug-likeness (QED) is 0.642. The molecule has 26 heavy (non-hydrogen) atoms. The molecule has 1 fully saturated rings. The lowest BCUT2D eigenvalue weighted by Gasteiger charge is -2.13.